The zero-order valence-corrected chi connectivity index (χ0v) is 10.9. The average molecular weight is 264 g/mol. The Balaban J connectivity index is 1.74. The lowest BCUT2D eigenvalue weighted by Crippen LogP contribution is -2.47. The normalized spacial score (nSPS) is 19.2. The molecular weight excluding hydrogens is 244 g/mol. The summed E-state index contributed by atoms with van der Waals surface area (Å²) in [5.41, 5.74) is 0.985. The summed E-state index contributed by atoms with van der Waals surface area (Å²) >= 11 is 0. The monoisotopic (exact) mass is 264 g/mol. The summed E-state index contributed by atoms with van der Waals surface area (Å²) in [5, 5.41) is 21.7. The van der Waals surface area contributed by atoms with E-state index in [9.17, 15) is 15.0 Å². The van der Waals surface area contributed by atoms with Crippen LogP contribution >= 0.6 is 0 Å². The Bertz CT molecular complexity index is 436. The number of carbonyl (C=O) groups excluding carboxylic acids is 1. The minimum Gasteiger partial charge on any atom is -0.508 e. The van der Waals surface area contributed by atoms with Gasteiger partial charge in [-0.25, -0.2) is 4.79 Å². The van der Waals surface area contributed by atoms with E-state index in [1.54, 1.807) is 23.1 Å². The standard InChI is InChI=1S/C14H20N2O3/c17-12-4-1-3-11(9-12)6-7-15-14(19)16-8-2-5-13(18)10-16/h1,3-4,9,13,17-18H,2,5-8,10H2,(H,15,19). The fourth-order valence-corrected chi connectivity index (χ4v) is 2.28. The number of likely N-dealkylation sites (tertiary alicyclic amines) is 1. The van der Waals surface area contributed by atoms with Crippen LogP contribution in [0.1, 0.15) is 18.4 Å². The zero-order valence-electron chi connectivity index (χ0n) is 10.9. The number of nitrogens with zero attached hydrogens (tertiary/aromatic N) is 1. The van der Waals surface area contributed by atoms with Gasteiger partial charge in [-0.2, -0.15) is 0 Å². The first-order valence-electron chi connectivity index (χ1n) is 6.64. The second kappa shape index (κ2) is 6.43. The zero-order chi connectivity index (χ0) is 13.7. The molecule has 1 aliphatic heterocycles. The van der Waals surface area contributed by atoms with E-state index in [0.29, 0.717) is 26.1 Å². The summed E-state index contributed by atoms with van der Waals surface area (Å²) in [5.74, 6) is 0.239. The van der Waals surface area contributed by atoms with Crippen LogP contribution in [0.3, 0.4) is 0 Å². The Morgan fingerprint density at radius 2 is 2.32 bits per heavy atom. The first kappa shape index (κ1) is 13.7. The number of nitrogens with one attached hydrogen (secondary N) is 1. The van der Waals surface area contributed by atoms with E-state index >= 15 is 0 Å². The highest BCUT2D eigenvalue weighted by atomic mass is 16.3. The van der Waals surface area contributed by atoms with E-state index in [1.165, 1.54) is 0 Å². The SMILES string of the molecule is O=C(NCCc1cccc(O)c1)N1CCCC(O)C1. The van der Waals surface area contributed by atoms with Gasteiger partial charge in [0, 0.05) is 19.6 Å². The number of carbonyl (C=O) groups is 1. The Labute approximate surface area is 112 Å². The predicted molar refractivity (Wildman–Crippen MR) is 72.0 cm³/mol. The van der Waals surface area contributed by atoms with Gasteiger partial charge in [0.15, 0.2) is 0 Å². The molecule has 0 bridgehead atoms. The molecule has 2 rings (SSSR count). The molecule has 0 saturated carbocycles. The molecule has 1 saturated heterocycles. The van der Waals surface area contributed by atoms with Gasteiger partial charge in [-0.15, -0.1) is 0 Å². The van der Waals surface area contributed by atoms with Crippen molar-refractivity contribution in [1.29, 1.82) is 0 Å². The maximum atomic E-state index is 11.9. The number of piperidine rings is 1. The Morgan fingerprint density at radius 3 is 3.05 bits per heavy atom. The van der Waals surface area contributed by atoms with Crippen molar-refractivity contribution in [3.05, 3.63) is 29.8 Å². The Hall–Kier alpha value is -1.75. The van der Waals surface area contributed by atoms with Crippen molar-refractivity contribution in [2.45, 2.75) is 25.4 Å². The summed E-state index contributed by atoms with van der Waals surface area (Å²) in [6.45, 7) is 1.64. The van der Waals surface area contributed by atoms with Crippen molar-refractivity contribution in [2.75, 3.05) is 19.6 Å². The molecule has 0 aromatic heterocycles. The second-order valence-electron chi connectivity index (χ2n) is 4.89. The van der Waals surface area contributed by atoms with E-state index < -0.39 is 6.10 Å². The highest BCUT2D eigenvalue weighted by Crippen LogP contribution is 2.11. The molecule has 1 fully saturated rings. The predicted octanol–water partition coefficient (Wildman–Crippen LogP) is 1.10. The van der Waals surface area contributed by atoms with E-state index in [0.717, 1.165) is 18.4 Å². The number of hydrogen-bond acceptors (Lipinski definition) is 3. The molecule has 3 N–H and O–H groups in total. The minimum atomic E-state index is -0.398. The summed E-state index contributed by atoms with van der Waals surface area (Å²) in [7, 11) is 0. The number of benzene rings is 1. The van der Waals surface area contributed by atoms with Crippen molar-refractivity contribution < 1.29 is 15.0 Å². The molecule has 5 heteroatoms. The Morgan fingerprint density at radius 1 is 1.47 bits per heavy atom. The van der Waals surface area contributed by atoms with Crippen LogP contribution in [0.15, 0.2) is 24.3 Å². The molecule has 0 aliphatic carbocycles. The molecule has 0 spiro atoms. The van der Waals surface area contributed by atoms with Crippen molar-refractivity contribution in [1.82, 2.24) is 10.2 Å². The highest BCUT2D eigenvalue weighted by molar-refractivity contribution is 5.74. The van der Waals surface area contributed by atoms with Crippen molar-refractivity contribution >= 4 is 6.03 Å². The molecule has 1 heterocycles. The minimum absolute atomic E-state index is 0.126. The first-order valence-corrected chi connectivity index (χ1v) is 6.64. The lowest BCUT2D eigenvalue weighted by molar-refractivity contribution is 0.0843. The molecule has 1 aliphatic rings. The number of amides is 2. The second-order valence-corrected chi connectivity index (χ2v) is 4.89. The summed E-state index contributed by atoms with van der Waals surface area (Å²) in [6, 6.07) is 6.89. The van der Waals surface area contributed by atoms with Gasteiger partial charge in [-0.3, -0.25) is 0 Å². The summed E-state index contributed by atoms with van der Waals surface area (Å²) in [6.07, 6.45) is 1.90. The number of phenols is 1. The lowest BCUT2D eigenvalue weighted by Gasteiger charge is -2.30. The van der Waals surface area contributed by atoms with E-state index in [-0.39, 0.29) is 11.8 Å². The van der Waals surface area contributed by atoms with E-state index in [2.05, 4.69) is 5.32 Å². The maximum absolute atomic E-state index is 11.9. The van der Waals surface area contributed by atoms with E-state index in [4.69, 9.17) is 0 Å². The lowest BCUT2D eigenvalue weighted by atomic mass is 10.1. The van der Waals surface area contributed by atoms with Gasteiger partial charge in [-0.1, -0.05) is 12.1 Å². The summed E-state index contributed by atoms with van der Waals surface area (Å²) in [4.78, 5) is 13.5. The third-order valence-corrected chi connectivity index (χ3v) is 3.28. The number of hydrogen-bond donors (Lipinski definition) is 3. The molecule has 1 atom stereocenters. The Kier molecular flexibility index (Phi) is 4.63. The molecule has 104 valence electrons. The molecule has 19 heavy (non-hydrogen) atoms. The molecule has 0 radical (unpaired) electrons. The van der Waals surface area contributed by atoms with Gasteiger partial charge in [0.1, 0.15) is 5.75 Å². The number of β-amino-alcohol motifs (C(OH)–C–C–N with tert-alkyl or cyclic N) is 1. The third-order valence-electron chi connectivity index (χ3n) is 3.28. The highest BCUT2D eigenvalue weighted by Gasteiger charge is 2.21. The quantitative estimate of drug-likeness (QED) is 0.765. The van der Waals surface area contributed by atoms with Gasteiger partial charge < -0.3 is 20.4 Å². The smallest absolute Gasteiger partial charge is 0.317 e. The van der Waals surface area contributed by atoms with Crippen LogP contribution in [-0.4, -0.2) is 46.9 Å². The molecule has 1 aromatic rings. The average Bonchev–Trinajstić information content (AvgIpc) is 2.38. The van der Waals surface area contributed by atoms with Crippen LogP contribution in [-0.2, 0) is 6.42 Å². The van der Waals surface area contributed by atoms with Crippen LogP contribution in [0.4, 0.5) is 4.79 Å². The van der Waals surface area contributed by atoms with Gasteiger partial charge in [0.05, 0.1) is 6.10 Å². The number of urea groups is 1. The number of phenolic OH excluding ortho intramolecular Hbond substituents is 1. The van der Waals surface area contributed by atoms with Crippen LogP contribution in [0.25, 0.3) is 0 Å². The van der Waals surface area contributed by atoms with Crippen molar-refractivity contribution in [2.24, 2.45) is 0 Å². The molecule has 1 aromatic carbocycles. The topological polar surface area (TPSA) is 72.8 Å². The maximum Gasteiger partial charge on any atom is 0.317 e. The largest absolute Gasteiger partial charge is 0.508 e. The van der Waals surface area contributed by atoms with Gasteiger partial charge >= 0.3 is 6.03 Å². The van der Waals surface area contributed by atoms with Gasteiger partial charge in [0.2, 0.25) is 0 Å². The van der Waals surface area contributed by atoms with Crippen molar-refractivity contribution in [3.63, 3.8) is 0 Å². The summed E-state index contributed by atoms with van der Waals surface area (Å²) < 4.78 is 0. The molecular formula is C14H20N2O3. The number of aliphatic hydroxyl groups excluding tert-OH is 1. The van der Waals surface area contributed by atoms with Gasteiger partial charge in [-0.05, 0) is 37.0 Å². The van der Waals surface area contributed by atoms with Crippen molar-refractivity contribution in [3.8, 4) is 5.75 Å². The van der Waals surface area contributed by atoms with Crippen LogP contribution in [0.2, 0.25) is 0 Å². The first-order chi connectivity index (χ1) is 9.15. The van der Waals surface area contributed by atoms with Crippen LogP contribution < -0.4 is 5.32 Å². The van der Waals surface area contributed by atoms with Gasteiger partial charge in [0.25, 0.3) is 0 Å². The van der Waals surface area contributed by atoms with Crippen LogP contribution in [0.5, 0.6) is 5.75 Å². The number of aliphatic hydroxyl groups is 1. The van der Waals surface area contributed by atoms with Crippen LogP contribution in [0, 0.1) is 0 Å². The van der Waals surface area contributed by atoms with E-state index in [1.807, 2.05) is 6.07 Å². The third kappa shape index (κ3) is 4.13. The fourth-order valence-electron chi connectivity index (χ4n) is 2.28. The fraction of sp³-hybridized carbons (Fsp3) is 0.500. The molecule has 2 amide bonds. The molecule has 1 unspecified atom stereocenters. The number of rotatable bonds is 3. The molecule has 5 nitrogen and oxygen atoms in total. The number of aromatic hydroxyl groups is 1.